The highest BCUT2D eigenvalue weighted by atomic mass is 35.5. The first-order valence-electron chi connectivity index (χ1n) is 3.89. The van der Waals surface area contributed by atoms with E-state index in [0.717, 1.165) is 5.56 Å². The number of fused-ring (bicyclic) bond motifs is 1. The molecule has 66 valence electrons. The minimum atomic E-state index is -0.858. The van der Waals surface area contributed by atoms with Crippen LogP contribution in [0.4, 0.5) is 0 Å². The third-order valence-electron chi connectivity index (χ3n) is 2.13. The van der Waals surface area contributed by atoms with E-state index in [1.807, 2.05) is 12.1 Å². The first kappa shape index (κ1) is 8.32. The van der Waals surface area contributed by atoms with E-state index >= 15 is 0 Å². The first-order chi connectivity index (χ1) is 6.20. The normalized spacial score (nSPS) is 18.7. The van der Waals surface area contributed by atoms with Gasteiger partial charge in [0.15, 0.2) is 0 Å². The zero-order chi connectivity index (χ0) is 9.42. The number of carboxylic acids is 1. The van der Waals surface area contributed by atoms with Crippen molar-refractivity contribution < 1.29 is 9.90 Å². The van der Waals surface area contributed by atoms with Crippen molar-refractivity contribution in [3.05, 3.63) is 40.4 Å². The van der Waals surface area contributed by atoms with Gasteiger partial charge in [0.1, 0.15) is 5.92 Å². The number of hydrogen-bond acceptors (Lipinski definition) is 1. The summed E-state index contributed by atoms with van der Waals surface area (Å²) in [5, 5.41) is 9.40. The molecule has 0 aliphatic heterocycles. The van der Waals surface area contributed by atoms with Gasteiger partial charge in [-0.3, -0.25) is 4.79 Å². The summed E-state index contributed by atoms with van der Waals surface area (Å²) in [7, 11) is 0. The second kappa shape index (κ2) is 2.89. The quantitative estimate of drug-likeness (QED) is 0.746. The van der Waals surface area contributed by atoms with Crippen molar-refractivity contribution in [2.24, 2.45) is 0 Å². The van der Waals surface area contributed by atoms with Gasteiger partial charge in [0.25, 0.3) is 0 Å². The van der Waals surface area contributed by atoms with Crippen LogP contribution in [0.1, 0.15) is 17.0 Å². The van der Waals surface area contributed by atoms with Crippen molar-refractivity contribution in [2.75, 3.05) is 0 Å². The average Bonchev–Trinajstić information content (AvgIpc) is 2.49. The van der Waals surface area contributed by atoms with E-state index < -0.39 is 11.9 Å². The van der Waals surface area contributed by atoms with E-state index in [0.29, 0.717) is 10.6 Å². The molecule has 2 nitrogen and oxygen atoms in total. The van der Waals surface area contributed by atoms with Crippen LogP contribution in [-0.2, 0) is 4.79 Å². The minimum absolute atomic E-state index is 0.523. The van der Waals surface area contributed by atoms with Crippen LogP contribution in [0.5, 0.6) is 0 Å². The fraction of sp³-hybridized carbons (Fsp3) is 0.100. The number of halogens is 1. The molecule has 1 aromatic carbocycles. The topological polar surface area (TPSA) is 37.3 Å². The van der Waals surface area contributed by atoms with Crippen molar-refractivity contribution in [3.63, 3.8) is 0 Å². The monoisotopic (exact) mass is 194 g/mol. The van der Waals surface area contributed by atoms with Crippen molar-refractivity contribution in [2.45, 2.75) is 5.92 Å². The van der Waals surface area contributed by atoms with Crippen LogP contribution in [-0.4, -0.2) is 11.1 Å². The number of hydrogen-bond donors (Lipinski definition) is 1. The van der Waals surface area contributed by atoms with Gasteiger partial charge in [-0.25, -0.2) is 0 Å². The Labute approximate surface area is 80.5 Å². The van der Waals surface area contributed by atoms with Gasteiger partial charge >= 0.3 is 5.97 Å². The second-order valence-corrected chi connectivity index (χ2v) is 3.32. The highest BCUT2D eigenvalue weighted by Gasteiger charge is 2.25. The molecule has 1 unspecified atom stereocenters. The molecule has 0 saturated heterocycles. The van der Waals surface area contributed by atoms with Gasteiger partial charge in [-0.1, -0.05) is 35.9 Å². The average molecular weight is 195 g/mol. The molecule has 0 saturated carbocycles. The van der Waals surface area contributed by atoms with E-state index in [2.05, 4.69) is 0 Å². The zero-order valence-electron chi connectivity index (χ0n) is 6.70. The molecular weight excluding hydrogens is 188 g/mol. The minimum Gasteiger partial charge on any atom is -0.481 e. The van der Waals surface area contributed by atoms with E-state index in [9.17, 15) is 4.79 Å². The summed E-state index contributed by atoms with van der Waals surface area (Å²) in [6.07, 6.45) is 3.44. The largest absolute Gasteiger partial charge is 0.481 e. The van der Waals surface area contributed by atoms with Gasteiger partial charge in [0.2, 0.25) is 0 Å². The summed E-state index contributed by atoms with van der Waals surface area (Å²) in [6, 6.07) is 5.39. The molecule has 2 rings (SSSR count). The molecule has 0 bridgehead atoms. The Morgan fingerprint density at radius 3 is 2.92 bits per heavy atom. The van der Waals surface area contributed by atoms with Crippen LogP contribution in [0.3, 0.4) is 0 Å². The predicted molar refractivity (Wildman–Crippen MR) is 50.9 cm³/mol. The standard InChI is InChI=1S/C10H7ClO2/c11-8-3-1-2-6-4-5-7(9(6)8)10(12)13/h1-5,7H,(H,12,13). The Kier molecular flexibility index (Phi) is 1.85. The second-order valence-electron chi connectivity index (χ2n) is 2.92. The molecule has 0 heterocycles. The summed E-state index contributed by atoms with van der Waals surface area (Å²) in [4.78, 5) is 10.8. The maximum absolute atomic E-state index is 10.8. The third kappa shape index (κ3) is 1.23. The van der Waals surface area contributed by atoms with Gasteiger partial charge < -0.3 is 5.11 Å². The molecule has 0 fully saturated rings. The van der Waals surface area contributed by atoms with E-state index in [1.54, 1.807) is 18.2 Å². The number of carbonyl (C=O) groups is 1. The Balaban J connectivity index is 2.57. The molecule has 0 spiro atoms. The van der Waals surface area contributed by atoms with Gasteiger partial charge in [0.05, 0.1) is 0 Å². The highest BCUT2D eigenvalue weighted by molar-refractivity contribution is 6.32. The molecular formula is C10H7ClO2. The Hall–Kier alpha value is -1.28. The lowest BCUT2D eigenvalue weighted by atomic mass is 10.0. The zero-order valence-corrected chi connectivity index (χ0v) is 7.45. The summed E-state index contributed by atoms with van der Waals surface area (Å²) in [5.41, 5.74) is 1.61. The van der Waals surface area contributed by atoms with E-state index in [-0.39, 0.29) is 0 Å². The van der Waals surface area contributed by atoms with Crippen molar-refractivity contribution in [1.29, 1.82) is 0 Å². The summed E-state index contributed by atoms with van der Waals surface area (Å²) in [5.74, 6) is -1.44. The van der Waals surface area contributed by atoms with Gasteiger partial charge in [0, 0.05) is 5.02 Å². The Morgan fingerprint density at radius 1 is 1.46 bits per heavy atom. The number of carboxylic acid groups (broad SMARTS) is 1. The maximum atomic E-state index is 10.8. The predicted octanol–water partition coefficient (Wildman–Crippen LogP) is 2.54. The van der Waals surface area contributed by atoms with Crippen LogP contribution in [0.2, 0.25) is 5.02 Å². The highest BCUT2D eigenvalue weighted by Crippen LogP contribution is 2.35. The van der Waals surface area contributed by atoms with Gasteiger partial charge in [-0.2, -0.15) is 0 Å². The fourth-order valence-electron chi connectivity index (χ4n) is 1.53. The Morgan fingerprint density at radius 2 is 2.23 bits per heavy atom. The van der Waals surface area contributed by atoms with Crippen molar-refractivity contribution >= 4 is 23.6 Å². The molecule has 1 aliphatic carbocycles. The molecule has 0 radical (unpaired) electrons. The lowest BCUT2D eigenvalue weighted by molar-refractivity contribution is -0.137. The lowest BCUT2D eigenvalue weighted by Crippen LogP contribution is -2.07. The molecule has 1 atom stereocenters. The first-order valence-corrected chi connectivity index (χ1v) is 4.27. The van der Waals surface area contributed by atoms with Crippen LogP contribution < -0.4 is 0 Å². The van der Waals surface area contributed by atoms with Crippen LogP contribution in [0.15, 0.2) is 24.3 Å². The Bertz CT molecular complexity index is 396. The number of aliphatic carboxylic acids is 1. The lowest BCUT2D eigenvalue weighted by Gasteiger charge is -2.07. The van der Waals surface area contributed by atoms with Crippen LogP contribution in [0.25, 0.3) is 6.08 Å². The number of benzene rings is 1. The van der Waals surface area contributed by atoms with E-state index in [4.69, 9.17) is 16.7 Å². The summed E-state index contributed by atoms with van der Waals surface area (Å²) < 4.78 is 0. The SMILES string of the molecule is O=C(O)C1C=Cc2cccc(Cl)c21. The molecule has 1 aliphatic rings. The molecule has 0 amide bonds. The van der Waals surface area contributed by atoms with E-state index in [1.165, 1.54) is 0 Å². The van der Waals surface area contributed by atoms with Crippen LogP contribution >= 0.6 is 11.6 Å². The smallest absolute Gasteiger partial charge is 0.314 e. The number of rotatable bonds is 1. The van der Waals surface area contributed by atoms with Crippen molar-refractivity contribution in [1.82, 2.24) is 0 Å². The third-order valence-corrected chi connectivity index (χ3v) is 2.46. The molecule has 0 aromatic heterocycles. The molecule has 1 N–H and O–H groups in total. The molecule has 3 heteroatoms. The summed E-state index contributed by atoms with van der Waals surface area (Å²) >= 11 is 5.91. The van der Waals surface area contributed by atoms with Crippen LogP contribution in [0, 0.1) is 0 Å². The van der Waals surface area contributed by atoms with Gasteiger partial charge in [-0.15, -0.1) is 0 Å². The molecule has 13 heavy (non-hydrogen) atoms. The molecule has 1 aromatic rings. The van der Waals surface area contributed by atoms with Gasteiger partial charge in [-0.05, 0) is 17.2 Å². The fourth-order valence-corrected chi connectivity index (χ4v) is 1.83. The summed E-state index contributed by atoms with van der Waals surface area (Å²) in [6.45, 7) is 0. The maximum Gasteiger partial charge on any atom is 0.314 e. The van der Waals surface area contributed by atoms with Crippen molar-refractivity contribution in [3.8, 4) is 0 Å².